The average Bonchev–Trinajstić information content (AvgIpc) is 2.56. The van der Waals surface area contributed by atoms with Gasteiger partial charge in [0.1, 0.15) is 0 Å². The van der Waals surface area contributed by atoms with E-state index in [1.165, 1.54) is 0 Å². The van der Waals surface area contributed by atoms with Gasteiger partial charge in [0.2, 0.25) is 0 Å². The van der Waals surface area contributed by atoms with Crippen LogP contribution >= 0.6 is 0 Å². The number of carbonyl (C=O) groups is 1. The maximum Gasteiger partial charge on any atom is 0.309 e. The van der Waals surface area contributed by atoms with Gasteiger partial charge in [0.15, 0.2) is 0 Å². The standard InChI is InChI=1S/C18H22N4O2/c19-14-3-1-10(6-16(14)21)5-12-7-13(9-24-18(12)23)11-2-4-15(20)17(22)8-11/h1-4,6,8,12-13H,5,7,9,19-22H2/t12-,13?/m1/s1. The first-order chi connectivity index (χ1) is 11.4. The number of cyclic esters (lactones) is 1. The SMILES string of the molecule is Nc1ccc(C[C@@H]2CC(c3ccc(N)c(N)c3)COC2=O)cc1N. The molecule has 1 fully saturated rings. The number of esters is 1. The van der Waals surface area contributed by atoms with Gasteiger partial charge in [-0.15, -0.1) is 0 Å². The van der Waals surface area contributed by atoms with Gasteiger partial charge in [-0.3, -0.25) is 4.79 Å². The molecule has 0 aliphatic carbocycles. The first-order valence-electron chi connectivity index (χ1n) is 7.89. The highest BCUT2D eigenvalue weighted by atomic mass is 16.5. The van der Waals surface area contributed by atoms with E-state index in [1.54, 1.807) is 12.1 Å². The van der Waals surface area contributed by atoms with Crippen molar-refractivity contribution in [1.29, 1.82) is 0 Å². The highest BCUT2D eigenvalue weighted by Gasteiger charge is 2.31. The minimum Gasteiger partial charge on any atom is -0.465 e. The van der Waals surface area contributed by atoms with Crippen LogP contribution in [-0.4, -0.2) is 12.6 Å². The summed E-state index contributed by atoms with van der Waals surface area (Å²) in [6, 6.07) is 11.1. The van der Waals surface area contributed by atoms with Crippen LogP contribution in [0.1, 0.15) is 23.5 Å². The van der Waals surface area contributed by atoms with Crippen LogP contribution in [0.2, 0.25) is 0 Å². The molecule has 0 aromatic heterocycles. The van der Waals surface area contributed by atoms with Gasteiger partial charge in [-0.1, -0.05) is 12.1 Å². The fraction of sp³-hybridized carbons (Fsp3) is 0.278. The molecule has 126 valence electrons. The van der Waals surface area contributed by atoms with Gasteiger partial charge in [-0.2, -0.15) is 0 Å². The van der Waals surface area contributed by atoms with Crippen molar-refractivity contribution in [3.63, 3.8) is 0 Å². The second-order valence-electron chi connectivity index (χ2n) is 6.32. The van der Waals surface area contributed by atoms with Gasteiger partial charge in [0.25, 0.3) is 0 Å². The molecule has 2 aromatic rings. The van der Waals surface area contributed by atoms with Gasteiger partial charge in [0.05, 0.1) is 35.3 Å². The Morgan fingerprint density at radius 1 is 0.917 bits per heavy atom. The summed E-state index contributed by atoms with van der Waals surface area (Å²) in [5, 5.41) is 0. The third-order valence-corrected chi connectivity index (χ3v) is 4.54. The second kappa shape index (κ2) is 6.31. The molecule has 0 radical (unpaired) electrons. The van der Waals surface area contributed by atoms with Gasteiger partial charge < -0.3 is 27.7 Å². The van der Waals surface area contributed by atoms with Crippen LogP contribution < -0.4 is 22.9 Å². The molecule has 0 saturated carbocycles. The first-order valence-corrected chi connectivity index (χ1v) is 7.89. The molecule has 1 aliphatic heterocycles. The molecule has 2 atom stereocenters. The number of rotatable bonds is 3. The summed E-state index contributed by atoms with van der Waals surface area (Å²) in [6.07, 6.45) is 1.27. The van der Waals surface area contributed by atoms with Crippen LogP contribution in [0, 0.1) is 5.92 Å². The van der Waals surface area contributed by atoms with Gasteiger partial charge >= 0.3 is 5.97 Å². The summed E-state index contributed by atoms with van der Waals surface area (Å²) < 4.78 is 5.39. The quantitative estimate of drug-likeness (QED) is 0.503. The summed E-state index contributed by atoms with van der Waals surface area (Å²) in [6.45, 7) is 0.364. The van der Waals surface area contributed by atoms with Crippen molar-refractivity contribution in [2.45, 2.75) is 18.8 Å². The fourth-order valence-electron chi connectivity index (χ4n) is 3.09. The maximum atomic E-state index is 12.1. The van der Waals surface area contributed by atoms with Crippen LogP contribution in [0.25, 0.3) is 0 Å². The Kier molecular flexibility index (Phi) is 4.20. The zero-order chi connectivity index (χ0) is 17.3. The predicted molar refractivity (Wildman–Crippen MR) is 96.0 cm³/mol. The zero-order valence-corrected chi connectivity index (χ0v) is 13.4. The van der Waals surface area contributed by atoms with E-state index in [0.29, 0.717) is 42.2 Å². The molecule has 6 nitrogen and oxygen atoms in total. The van der Waals surface area contributed by atoms with Crippen molar-refractivity contribution in [2.24, 2.45) is 5.92 Å². The number of hydrogen-bond donors (Lipinski definition) is 4. The van der Waals surface area contributed by atoms with Gasteiger partial charge in [-0.25, -0.2) is 0 Å². The van der Waals surface area contributed by atoms with Crippen LogP contribution in [-0.2, 0) is 16.0 Å². The minimum atomic E-state index is -0.217. The van der Waals surface area contributed by atoms with Gasteiger partial charge in [-0.05, 0) is 48.2 Å². The van der Waals surface area contributed by atoms with Crippen molar-refractivity contribution in [3.05, 3.63) is 47.5 Å². The van der Waals surface area contributed by atoms with Crippen molar-refractivity contribution in [1.82, 2.24) is 0 Å². The van der Waals surface area contributed by atoms with Crippen LogP contribution in [0.15, 0.2) is 36.4 Å². The van der Waals surface area contributed by atoms with E-state index < -0.39 is 0 Å². The normalized spacial score (nSPS) is 20.6. The number of anilines is 4. The van der Waals surface area contributed by atoms with E-state index in [0.717, 1.165) is 11.1 Å². The number of hydrogen-bond acceptors (Lipinski definition) is 6. The van der Waals surface area contributed by atoms with E-state index >= 15 is 0 Å². The average molecular weight is 326 g/mol. The molecule has 6 heteroatoms. The highest BCUT2D eigenvalue weighted by molar-refractivity contribution is 5.74. The minimum absolute atomic E-state index is 0.113. The summed E-state index contributed by atoms with van der Waals surface area (Å²) in [4.78, 5) is 12.1. The monoisotopic (exact) mass is 326 g/mol. The lowest BCUT2D eigenvalue weighted by molar-refractivity contribution is -0.154. The van der Waals surface area contributed by atoms with E-state index in [1.807, 2.05) is 24.3 Å². The number of nitrogens with two attached hydrogens (primary N) is 4. The third-order valence-electron chi connectivity index (χ3n) is 4.54. The lowest BCUT2D eigenvalue weighted by atomic mass is 9.84. The smallest absolute Gasteiger partial charge is 0.309 e. The van der Waals surface area contributed by atoms with Crippen molar-refractivity contribution < 1.29 is 9.53 Å². The Balaban J connectivity index is 1.76. The fourth-order valence-corrected chi connectivity index (χ4v) is 3.09. The molecular weight excluding hydrogens is 304 g/mol. The Morgan fingerprint density at radius 2 is 1.58 bits per heavy atom. The van der Waals surface area contributed by atoms with Crippen molar-refractivity contribution in [3.8, 4) is 0 Å². The molecule has 0 spiro atoms. The number of nitrogen functional groups attached to an aromatic ring is 4. The van der Waals surface area contributed by atoms with Crippen LogP contribution in [0.5, 0.6) is 0 Å². The van der Waals surface area contributed by atoms with E-state index in [4.69, 9.17) is 27.7 Å². The Labute approximate surface area is 140 Å². The van der Waals surface area contributed by atoms with E-state index in [-0.39, 0.29) is 17.8 Å². The molecule has 0 bridgehead atoms. The molecule has 1 unspecified atom stereocenters. The van der Waals surface area contributed by atoms with E-state index in [2.05, 4.69) is 0 Å². The number of carbonyl (C=O) groups excluding carboxylic acids is 1. The van der Waals surface area contributed by atoms with Crippen molar-refractivity contribution >= 4 is 28.7 Å². The molecule has 1 saturated heterocycles. The summed E-state index contributed by atoms with van der Waals surface area (Å²) in [7, 11) is 0. The van der Waals surface area contributed by atoms with E-state index in [9.17, 15) is 4.79 Å². The molecule has 1 aliphatic rings. The molecule has 2 aromatic carbocycles. The molecule has 0 amide bonds. The molecule has 8 N–H and O–H groups in total. The highest BCUT2D eigenvalue weighted by Crippen LogP contribution is 2.33. The molecule has 24 heavy (non-hydrogen) atoms. The van der Waals surface area contributed by atoms with Crippen molar-refractivity contribution in [2.75, 3.05) is 29.5 Å². The van der Waals surface area contributed by atoms with Crippen LogP contribution in [0.3, 0.4) is 0 Å². The number of ether oxygens (including phenoxy) is 1. The van der Waals surface area contributed by atoms with Crippen LogP contribution in [0.4, 0.5) is 22.7 Å². The Hall–Kier alpha value is -2.89. The summed E-state index contributed by atoms with van der Waals surface area (Å²) in [5.74, 6) is -0.280. The molecule has 3 rings (SSSR count). The molecule has 1 heterocycles. The third kappa shape index (κ3) is 3.22. The Bertz CT molecular complexity index is 776. The largest absolute Gasteiger partial charge is 0.465 e. The predicted octanol–water partition coefficient (Wildman–Crippen LogP) is 1.90. The number of benzene rings is 2. The summed E-state index contributed by atoms with van der Waals surface area (Å²) in [5.41, 5.74) is 27.4. The second-order valence-corrected chi connectivity index (χ2v) is 6.32. The lowest BCUT2D eigenvalue weighted by Crippen LogP contribution is -2.31. The van der Waals surface area contributed by atoms with Gasteiger partial charge in [0, 0.05) is 5.92 Å². The molecular formula is C18H22N4O2. The maximum absolute atomic E-state index is 12.1. The topological polar surface area (TPSA) is 130 Å². The zero-order valence-electron chi connectivity index (χ0n) is 13.4. The first kappa shape index (κ1) is 16.0. The summed E-state index contributed by atoms with van der Waals surface area (Å²) >= 11 is 0. The lowest BCUT2D eigenvalue weighted by Gasteiger charge is -2.29. The Morgan fingerprint density at radius 3 is 2.25 bits per heavy atom.